The molecule has 3 aliphatic rings. The van der Waals surface area contributed by atoms with Crippen LogP contribution >= 0.6 is 7.80 Å². The van der Waals surface area contributed by atoms with Gasteiger partial charge < -0.3 is 4.81 Å². The molecule has 4 aromatic rings. The van der Waals surface area contributed by atoms with Gasteiger partial charge in [-0.2, -0.15) is 4.57 Å². The Balaban J connectivity index is 1.60. The van der Waals surface area contributed by atoms with Crippen LogP contribution in [0.4, 0.5) is 11.4 Å². The number of fused-ring (bicyclic) bond motifs is 5. The number of aromatic nitrogens is 1. The van der Waals surface area contributed by atoms with Gasteiger partial charge in [-0.15, -0.1) is 0 Å². The van der Waals surface area contributed by atoms with E-state index in [0.717, 1.165) is 6.54 Å². The van der Waals surface area contributed by atoms with E-state index < -0.39 is 7.80 Å². The van der Waals surface area contributed by atoms with E-state index in [4.69, 9.17) is 0 Å². The zero-order valence-corrected chi connectivity index (χ0v) is 16.2. The molecule has 130 valence electrons. The van der Waals surface area contributed by atoms with Crippen molar-refractivity contribution in [1.82, 2.24) is 0 Å². The van der Waals surface area contributed by atoms with Crippen LogP contribution in [0.5, 0.6) is 0 Å². The highest BCUT2D eigenvalue weighted by atomic mass is 31.1. The zero-order chi connectivity index (χ0) is 18.2. The third-order valence-electron chi connectivity index (χ3n) is 6.27. The fourth-order valence-electron chi connectivity index (χ4n) is 5.23. The van der Waals surface area contributed by atoms with Gasteiger partial charge in [0.2, 0.25) is 5.69 Å². The van der Waals surface area contributed by atoms with Gasteiger partial charge in [-0.25, -0.2) is 0 Å². The maximum absolute atomic E-state index is 2.63. The highest BCUT2D eigenvalue weighted by Gasteiger charge is 2.52. The maximum Gasteiger partial charge on any atom is 0.339 e. The van der Waals surface area contributed by atoms with Crippen molar-refractivity contribution in [3.05, 3.63) is 96.7 Å². The first-order chi connectivity index (χ1) is 13.9. The summed E-state index contributed by atoms with van der Waals surface area (Å²) in [5, 5.41) is 2.95. The number of hydrogen-bond acceptors (Lipinski definition) is 1. The molecule has 3 aromatic carbocycles. The van der Waals surface area contributed by atoms with Crippen molar-refractivity contribution in [2.24, 2.45) is 0 Å². The van der Waals surface area contributed by atoms with Crippen molar-refractivity contribution in [3.8, 4) is 11.3 Å². The van der Waals surface area contributed by atoms with E-state index in [9.17, 15) is 0 Å². The largest absolute Gasteiger partial charge is 0.375 e. The lowest BCUT2D eigenvalue weighted by Gasteiger charge is -2.33. The third-order valence-corrected chi connectivity index (χ3v) is 9.02. The van der Waals surface area contributed by atoms with Crippen LogP contribution in [0.3, 0.4) is 0 Å². The first-order valence-electron chi connectivity index (χ1n) is 9.79. The van der Waals surface area contributed by atoms with Crippen LogP contribution in [0.25, 0.3) is 11.3 Å². The van der Waals surface area contributed by atoms with Crippen LogP contribution in [0, 0.1) is 0 Å². The van der Waals surface area contributed by atoms with Gasteiger partial charge in [0.15, 0.2) is 12.7 Å². The van der Waals surface area contributed by atoms with Crippen molar-refractivity contribution in [1.29, 1.82) is 0 Å². The first-order valence-corrected chi connectivity index (χ1v) is 11.2. The third kappa shape index (κ3) is 1.76. The lowest BCUT2D eigenvalue weighted by atomic mass is 9.71. The Morgan fingerprint density at radius 1 is 0.786 bits per heavy atom. The summed E-state index contributed by atoms with van der Waals surface area (Å²) in [4.78, 5) is 2.63. The SMILES string of the molecule is c1ccc(P2B3c4ccc[n+]5c4-c4c(cccc4N3c3ccccc32)C5)cc1. The summed E-state index contributed by atoms with van der Waals surface area (Å²) in [6.45, 7) is 1.34. The molecule has 1 aromatic heterocycles. The minimum atomic E-state index is -0.501. The summed E-state index contributed by atoms with van der Waals surface area (Å²) in [5.74, 6) is 0. The molecule has 0 aliphatic carbocycles. The lowest BCUT2D eigenvalue weighted by Crippen LogP contribution is -2.51. The van der Waals surface area contributed by atoms with Gasteiger partial charge in [0.1, 0.15) is 0 Å². The van der Waals surface area contributed by atoms with Gasteiger partial charge in [0.05, 0.1) is 5.56 Å². The van der Waals surface area contributed by atoms with Crippen molar-refractivity contribution in [2.75, 3.05) is 4.81 Å². The molecular formula is C24H17BN2P+. The highest BCUT2D eigenvalue weighted by molar-refractivity contribution is 8.04. The van der Waals surface area contributed by atoms with Gasteiger partial charge in [-0.3, -0.25) is 0 Å². The number of benzene rings is 3. The van der Waals surface area contributed by atoms with Gasteiger partial charge in [0, 0.05) is 28.5 Å². The van der Waals surface area contributed by atoms with E-state index in [1.54, 1.807) is 0 Å². The van der Waals surface area contributed by atoms with Gasteiger partial charge in [0.25, 0.3) is 0 Å². The molecular weight excluding hydrogens is 358 g/mol. The second-order valence-corrected chi connectivity index (χ2v) is 9.92. The smallest absolute Gasteiger partial charge is 0.339 e. The van der Waals surface area contributed by atoms with Crippen LogP contribution in [0.1, 0.15) is 5.56 Å². The Morgan fingerprint density at radius 2 is 1.61 bits per heavy atom. The Morgan fingerprint density at radius 3 is 2.54 bits per heavy atom. The first kappa shape index (κ1) is 15.1. The summed E-state index contributed by atoms with van der Waals surface area (Å²) in [5.41, 5.74) is 8.55. The molecule has 0 fully saturated rings. The quantitative estimate of drug-likeness (QED) is 0.248. The number of rotatable bonds is 1. The predicted molar refractivity (Wildman–Crippen MR) is 118 cm³/mol. The Kier molecular flexibility index (Phi) is 2.87. The van der Waals surface area contributed by atoms with E-state index in [1.807, 2.05) is 0 Å². The summed E-state index contributed by atoms with van der Waals surface area (Å²) in [7, 11) is -0.501. The van der Waals surface area contributed by atoms with Crippen LogP contribution in [-0.2, 0) is 6.54 Å². The van der Waals surface area contributed by atoms with Gasteiger partial charge in [-0.1, -0.05) is 66.7 Å². The second kappa shape index (κ2) is 5.34. The standard InChI is InChI=1S/C24H17BN2P/c1-2-9-18(10-3-1)28-22-14-5-4-12-20(22)27-21-13-6-8-17-16-26-15-7-11-19(25(27)28)24(26)23(17)21/h1-15H,16H2/q+1. The molecule has 0 N–H and O–H groups in total. The Hall–Kier alpha value is -2.90. The molecule has 0 bridgehead atoms. The molecule has 4 heterocycles. The number of hydrogen-bond donors (Lipinski definition) is 0. The number of nitrogens with zero attached hydrogens (tertiary/aromatic N) is 2. The average Bonchev–Trinajstić information content (AvgIpc) is 3.31. The van der Waals surface area contributed by atoms with E-state index in [-0.39, 0.29) is 0 Å². The van der Waals surface area contributed by atoms with Gasteiger partial charge >= 0.3 is 6.57 Å². The van der Waals surface area contributed by atoms with Crippen molar-refractivity contribution >= 4 is 41.8 Å². The van der Waals surface area contributed by atoms with Crippen LogP contribution in [-0.4, -0.2) is 6.57 Å². The van der Waals surface area contributed by atoms with E-state index >= 15 is 0 Å². The van der Waals surface area contributed by atoms with Crippen LogP contribution < -0.4 is 25.4 Å². The van der Waals surface area contributed by atoms with Crippen molar-refractivity contribution in [2.45, 2.75) is 6.54 Å². The predicted octanol–water partition coefficient (Wildman–Crippen LogP) is 3.30. The van der Waals surface area contributed by atoms with E-state index in [0.29, 0.717) is 6.57 Å². The molecule has 0 amide bonds. The molecule has 0 radical (unpaired) electrons. The second-order valence-electron chi connectivity index (χ2n) is 7.69. The summed E-state index contributed by atoms with van der Waals surface area (Å²) < 4.78 is 2.45. The highest BCUT2D eigenvalue weighted by Crippen LogP contribution is 2.55. The Labute approximate surface area is 165 Å². The molecule has 28 heavy (non-hydrogen) atoms. The minimum absolute atomic E-state index is 0.359. The molecule has 2 nitrogen and oxygen atoms in total. The normalized spacial score (nSPS) is 17.4. The minimum Gasteiger partial charge on any atom is -0.375 e. The fraction of sp³-hybridized carbons (Fsp3) is 0.0417. The Bertz CT molecular complexity index is 1270. The lowest BCUT2D eigenvalue weighted by molar-refractivity contribution is -0.671. The molecule has 1 unspecified atom stereocenters. The van der Waals surface area contributed by atoms with Crippen LogP contribution in [0.15, 0.2) is 91.1 Å². The molecule has 0 saturated heterocycles. The van der Waals surface area contributed by atoms with Gasteiger partial charge in [-0.05, 0) is 30.5 Å². The summed E-state index contributed by atoms with van der Waals surface area (Å²) in [6.07, 6.45) is 2.24. The summed E-state index contributed by atoms with van der Waals surface area (Å²) in [6, 6.07) is 31.6. The number of pyridine rings is 1. The molecule has 3 aliphatic heterocycles. The number of para-hydroxylation sites is 1. The monoisotopic (exact) mass is 375 g/mol. The average molecular weight is 375 g/mol. The molecule has 7 rings (SSSR count). The molecule has 1 atom stereocenters. The summed E-state index contributed by atoms with van der Waals surface area (Å²) >= 11 is 0. The van der Waals surface area contributed by atoms with Crippen LogP contribution in [0.2, 0.25) is 0 Å². The maximum atomic E-state index is 2.63. The molecule has 0 spiro atoms. The van der Waals surface area contributed by atoms with Crippen molar-refractivity contribution in [3.63, 3.8) is 0 Å². The van der Waals surface area contributed by atoms with E-state index in [2.05, 4.69) is 101 Å². The topological polar surface area (TPSA) is 7.12 Å². The zero-order valence-electron chi connectivity index (χ0n) is 15.3. The molecule has 0 saturated carbocycles. The molecule has 4 heteroatoms. The fourth-order valence-corrected chi connectivity index (χ4v) is 8.19. The van der Waals surface area contributed by atoms with E-state index in [1.165, 1.54) is 44.3 Å². The van der Waals surface area contributed by atoms with Crippen molar-refractivity contribution < 1.29 is 4.57 Å². The number of anilines is 2.